The van der Waals surface area contributed by atoms with Gasteiger partial charge in [0.1, 0.15) is 22.1 Å². The summed E-state index contributed by atoms with van der Waals surface area (Å²) >= 11 is 5.80. The van der Waals surface area contributed by atoms with Crippen LogP contribution in [-0.4, -0.2) is 13.2 Å². The lowest BCUT2D eigenvalue weighted by atomic mass is 9.88. The Morgan fingerprint density at radius 2 is 2.05 bits per heavy atom. The van der Waals surface area contributed by atoms with Crippen LogP contribution in [0.5, 0.6) is 5.75 Å². The summed E-state index contributed by atoms with van der Waals surface area (Å²) in [5.74, 6) is -1.80. The van der Waals surface area contributed by atoms with Gasteiger partial charge in [-0.05, 0) is 12.8 Å². The van der Waals surface area contributed by atoms with Crippen LogP contribution in [0.3, 0.4) is 0 Å². The monoisotopic (exact) mass is 287 g/mol. The number of benzene rings is 1. The highest BCUT2D eigenvalue weighted by Crippen LogP contribution is 2.46. The van der Waals surface area contributed by atoms with E-state index < -0.39 is 17.2 Å². The molecule has 19 heavy (non-hydrogen) atoms. The van der Waals surface area contributed by atoms with E-state index in [2.05, 4.69) is 4.99 Å². The van der Waals surface area contributed by atoms with Gasteiger partial charge in [-0.15, -0.1) is 0 Å². The number of nitrogens with zero attached hydrogens (tertiary/aromatic N) is 1. The van der Waals surface area contributed by atoms with E-state index in [0.717, 1.165) is 18.9 Å². The van der Waals surface area contributed by atoms with Gasteiger partial charge in [-0.1, -0.05) is 24.4 Å². The number of carbonyl (C=O) groups excluding carboxylic acids is 1. The molecule has 0 spiro atoms. The molecular weight excluding hydrogens is 276 g/mol. The summed E-state index contributed by atoms with van der Waals surface area (Å²) in [4.78, 5) is 14.2. The van der Waals surface area contributed by atoms with E-state index in [4.69, 9.17) is 16.3 Å². The van der Waals surface area contributed by atoms with Gasteiger partial charge in [0, 0.05) is 6.07 Å². The molecule has 0 amide bonds. The van der Waals surface area contributed by atoms with E-state index in [9.17, 15) is 13.6 Å². The highest BCUT2D eigenvalue weighted by molar-refractivity contribution is 6.32. The summed E-state index contributed by atoms with van der Waals surface area (Å²) in [6, 6.07) is 1.02. The highest BCUT2D eigenvalue weighted by Gasteiger charge is 2.41. The number of isocyanates is 1. The van der Waals surface area contributed by atoms with Crippen LogP contribution in [0, 0.1) is 11.6 Å². The van der Waals surface area contributed by atoms with Gasteiger partial charge in [0.15, 0.2) is 5.82 Å². The number of ether oxygens (including phenoxy) is 1. The second-order valence-corrected chi connectivity index (χ2v) is 4.88. The lowest BCUT2D eigenvalue weighted by Crippen LogP contribution is -2.23. The maximum atomic E-state index is 14.3. The van der Waals surface area contributed by atoms with Crippen LogP contribution in [-0.2, 0) is 10.3 Å². The molecule has 2 rings (SSSR count). The van der Waals surface area contributed by atoms with Crippen LogP contribution in [0.15, 0.2) is 11.1 Å². The average Bonchev–Trinajstić information content (AvgIpc) is 2.83. The first-order valence-corrected chi connectivity index (χ1v) is 6.24. The first kappa shape index (κ1) is 14.0. The molecular formula is C13H12ClF2NO2. The fourth-order valence-corrected chi connectivity index (χ4v) is 2.84. The van der Waals surface area contributed by atoms with Crippen molar-refractivity contribution in [2.45, 2.75) is 31.2 Å². The lowest BCUT2D eigenvalue weighted by Gasteiger charge is -2.24. The Morgan fingerprint density at radius 1 is 1.42 bits per heavy atom. The van der Waals surface area contributed by atoms with Gasteiger partial charge in [0.25, 0.3) is 0 Å². The smallest absolute Gasteiger partial charge is 0.235 e. The first-order valence-electron chi connectivity index (χ1n) is 5.87. The summed E-state index contributed by atoms with van der Waals surface area (Å²) in [7, 11) is 1.27. The molecule has 0 atom stereocenters. The summed E-state index contributed by atoms with van der Waals surface area (Å²) in [5, 5.41) is -0.300. The largest absolute Gasteiger partial charge is 0.495 e. The molecule has 0 unspecified atom stereocenters. The Bertz CT molecular complexity index is 550. The van der Waals surface area contributed by atoms with Crippen molar-refractivity contribution >= 4 is 17.7 Å². The Hall–Kier alpha value is -1.45. The molecule has 3 nitrogen and oxygen atoms in total. The molecule has 0 aromatic heterocycles. The van der Waals surface area contributed by atoms with Crippen LogP contribution in [0.1, 0.15) is 31.2 Å². The second kappa shape index (κ2) is 5.27. The summed E-state index contributed by atoms with van der Waals surface area (Å²) in [5.41, 5.74) is -1.45. The molecule has 0 heterocycles. The van der Waals surface area contributed by atoms with E-state index in [0.29, 0.717) is 12.8 Å². The first-order chi connectivity index (χ1) is 9.05. The van der Waals surface area contributed by atoms with Crippen molar-refractivity contribution in [1.82, 2.24) is 0 Å². The van der Waals surface area contributed by atoms with Gasteiger partial charge < -0.3 is 4.74 Å². The highest BCUT2D eigenvalue weighted by atomic mass is 35.5. The van der Waals surface area contributed by atoms with Gasteiger partial charge in [0.05, 0.1) is 12.7 Å². The van der Waals surface area contributed by atoms with E-state index in [1.165, 1.54) is 13.2 Å². The maximum Gasteiger partial charge on any atom is 0.235 e. The van der Waals surface area contributed by atoms with Crippen molar-refractivity contribution in [2.75, 3.05) is 7.11 Å². The van der Waals surface area contributed by atoms with Crippen LogP contribution < -0.4 is 4.74 Å². The third-order valence-electron chi connectivity index (χ3n) is 3.50. The van der Waals surface area contributed by atoms with Gasteiger partial charge in [-0.3, -0.25) is 0 Å². The molecule has 1 aromatic carbocycles. The molecule has 0 aliphatic heterocycles. The zero-order valence-corrected chi connectivity index (χ0v) is 11.1. The molecule has 1 aromatic rings. The minimum absolute atomic E-state index is 0.0800. The Morgan fingerprint density at radius 3 is 2.58 bits per heavy atom. The Labute approximate surface area is 114 Å². The van der Waals surface area contributed by atoms with Crippen LogP contribution in [0.4, 0.5) is 8.78 Å². The van der Waals surface area contributed by atoms with Crippen LogP contribution >= 0.6 is 11.6 Å². The lowest BCUT2D eigenvalue weighted by molar-refractivity contribution is 0.383. The van der Waals surface area contributed by atoms with Crippen LogP contribution in [0.2, 0.25) is 5.02 Å². The zero-order valence-electron chi connectivity index (χ0n) is 10.3. The van der Waals surface area contributed by atoms with E-state index in [1.807, 2.05) is 0 Å². The number of rotatable bonds is 3. The minimum atomic E-state index is -1.19. The third-order valence-corrected chi connectivity index (χ3v) is 3.85. The van der Waals surface area contributed by atoms with E-state index >= 15 is 0 Å². The quantitative estimate of drug-likeness (QED) is 0.483. The standard InChI is InChI=1S/C13H12ClF2NO2/c1-19-9-6-8(15)10(12(16)11(9)14)13(17-7-18)4-2-3-5-13/h6H,2-5H2,1H3. The topological polar surface area (TPSA) is 38.7 Å². The van der Waals surface area contributed by atoms with E-state index in [1.54, 1.807) is 0 Å². The molecule has 0 saturated heterocycles. The molecule has 0 bridgehead atoms. The number of methoxy groups -OCH3 is 1. The van der Waals surface area contributed by atoms with Gasteiger partial charge in [0.2, 0.25) is 6.08 Å². The molecule has 1 aliphatic rings. The average molecular weight is 288 g/mol. The molecule has 1 aliphatic carbocycles. The van der Waals surface area contributed by atoms with Crippen molar-refractivity contribution in [2.24, 2.45) is 4.99 Å². The van der Waals surface area contributed by atoms with Crippen molar-refractivity contribution in [3.8, 4) is 5.75 Å². The summed E-state index contributed by atoms with van der Waals surface area (Å²) in [6.07, 6.45) is 3.71. The van der Waals surface area contributed by atoms with Gasteiger partial charge in [-0.2, -0.15) is 4.99 Å². The Balaban J connectivity index is 2.67. The minimum Gasteiger partial charge on any atom is -0.495 e. The molecule has 0 N–H and O–H groups in total. The van der Waals surface area contributed by atoms with Crippen molar-refractivity contribution in [3.63, 3.8) is 0 Å². The number of hydrogen-bond acceptors (Lipinski definition) is 3. The fourth-order valence-electron chi connectivity index (χ4n) is 2.61. The van der Waals surface area contributed by atoms with Crippen LogP contribution in [0.25, 0.3) is 0 Å². The molecule has 0 radical (unpaired) electrons. The zero-order chi connectivity index (χ0) is 14.0. The second-order valence-electron chi connectivity index (χ2n) is 4.51. The number of hydrogen-bond donors (Lipinski definition) is 0. The molecule has 6 heteroatoms. The number of aliphatic imine (C=N–C) groups is 1. The Kier molecular flexibility index (Phi) is 3.88. The summed E-state index contributed by atoms with van der Waals surface area (Å²) in [6.45, 7) is 0. The van der Waals surface area contributed by atoms with Gasteiger partial charge in [-0.25, -0.2) is 13.6 Å². The normalized spacial score (nSPS) is 17.1. The molecule has 1 saturated carbocycles. The molecule has 102 valence electrons. The predicted molar refractivity (Wildman–Crippen MR) is 66.2 cm³/mol. The fraction of sp³-hybridized carbons (Fsp3) is 0.462. The molecule has 1 fully saturated rings. The van der Waals surface area contributed by atoms with Crippen molar-refractivity contribution in [1.29, 1.82) is 0 Å². The predicted octanol–water partition coefficient (Wildman–Crippen LogP) is 3.73. The SMILES string of the molecule is COc1cc(F)c(C2(N=C=O)CCCC2)c(F)c1Cl. The third kappa shape index (κ3) is 2.24. The summed E-state index contributed by atoms with van der Waals surface area (Å²) < 4.78 is 33.2. The van der Waals surface area contributed by atoms with Crippen molar-refractivity contribution < 1.29 is 18.3 Å². The van der Waals surface area contributed by atoms with Crippen molar-refractivity contribution in [3.05, 3.63) is 28.3 Å². The van der Waals surface area contributed by atoms with E-state index in [-0.39, 0.29) is 16.3 Å². The number of halogens is 3. The maximum absolute atomic E-state index is 14.3. The van der Waals surface area contributed by atoms with Gasteiger partial charge >= 0.3 is 0 Å².